The molecule has 104 valence electrons. The van der Waals surface area contributed by atoms with Gasteiger partial charge in [0.1, 0.15) is 0 Å². The molecule has 4 heteroatoms. The van der Waals surface area contributed by atoms with Gasteiger partial charge in [-0.15, -0.1) is 11.3 Å². The smallest absolute Gasteiger partial charge is 0.0587 e. The summed E-state index contributed by atoms with van der Waals surface area (Å²) in [5, 5.41) is 5.65. The molecule has 1 heterocycles. The SMILES string of the molecule is COCCNCC(Cc1cc(Br)cs1)C(C)(C)C. The van der Waals surface area contributed by atoms with Gasteiger partial charge in [-0.05, 0) is 46.3 Å². The molecule has 2 nitrogen and oxygen atoms in total. The van der Waals surface area contributed by atoms with Crippen molar-refractivity contribution in [3.05, 3.63) is 20.8 Å². The fourth-order valence-corrected chi connectivity index (χ4v) is 3.37. The highest BCUT2D eigenvalue weighted by atomic mass is 79.9. The van der Waals surface area contributed by atoms with Crippen LogP contribution in [0.4, 0.5) is 0 Å². The lowest BCUT2D eigenvalue weighted by Gasteiger charge is -2.30. The minimum atomic E-state index is 0.316. The molecule has 18 heavy (non-hydrogen) atoms. The van der Waals surface area contributed by atoms with E-state index in [-0.39, 0.29) is 0 Å². The van der Waals surface area contributed by atoms with Crippen molar-refractivity contribution in [2.75, 3.05) is 26.8 Å². The summed E-state index contributed by atoms with van der Waals surface area (Å²) < 4.78 is 6.26. The minimum Gasteiger partial charge on any atom is -0.383 e. The van der Waals surface area contributed by atoms with Crippen LogP contribution in [0.2, 0.25) is 0 Å². The lowest BCUT2D eigenvalue weighted by Crippen LogP contribution is -2.34. The summed E-state index contributed by atoms with van der Waals surface area (Å²) in [6.07, 6.45) is 1.14. The van der Waals surface area contributed by atoms with Crippen molar-refractivity contribution in [3.8, 4) is 0 Å². The molecule has 0 fully saturated rings. The van der Waals surface area contributed by atoms with Gasteiger partial charge in [-0.1, -0.05) is 20.8 Å². The Morgan fingerprint density at radius 1 is 1.44 bits per heavy atom. The zero-order valence-corrected chi connectivity index (χ0v) is 14.2. The third kappa shape index (κ3) is 5.83. The van der Waals surface area contributed by atoms with Crippen LogP contribution in [0.1, 0.15) is 25.6 Å². The molecule has 0 saturated carbocycles. The number of rotatable bonds is 7. The lowest BCUT2D eigenvalue weighted by atomic mass is 9.78. The molecule has 0 aliphatic rings. The van der Waals surface area contributed by atoms with Crippen LogP contribution < -0.4 is 5.32 Å². The molecule has 0 aromatic carbocycles. The van der Waals surface area contributed by atoms with E-state index in [1.54, 1.807) is 7.11 Å². The summed E-state index contributed by atoms with van der Waals surface area (Å²) in [6.45, 7) is 9.70. The van der Waals surface area contributed by atoms with Crippen molar-refractivity contribution < 1.29 is 4.74 Å². The number of halogens is 1. The van der Waals surface area contributed by atoms with Crippen LogP contribution in [-0.4, -0.2) is 26.8 Å². The summed E-state index contributed by atoms with van der Waals surface area (Å²) in [6, 6.07) is 2.23. The van der Waals surface area contributed by atoms with E-state index >= 15 is 0 Å². The van der Waals surface area contributed by atoms with Gasteiger partial charge >= 0.3 is 0 Å². The summed E-state index contributed by atoms with van der Waals surface area (Å²) in [7, 11) is 1.74. The summed E-state index contributed by atoms with van der Waals surface area (Å²) in [5.74, 6) is 0.639. The Balaban J connectivity index is 2.51. The Morgan fingerprint density at radius 2 is 2.17 bits per heavy atom. The minimum absolute atomic E-state index is 0.316. The van der Waals surface area contributed by atoms with Crippen molar-refractivity contribution >= 4 is 27.3 Å². The molecule has 1 atom stereocenters. The summed E-state index contributed by atoms with van der Waals surface area (Å²) in [5.41, 5.74) is 0.316. The molecule has 1 N–H and O–H groups in total. The van der Waals surface area contributed by atoms with Crippen LogP contribution in [0.25, 0.3) is 0 Å². The Morgan fingerprint density at radius 3 is 2.67 bits per heavy atom. The number of thiophene rings is 1. The van der Waals surface area contributed by atoms with E-state index in [2.05, 4.69) is 53.5 Å². The van der Waals surface area contributed by atoms with Gasteiger partial charge in [0.15, 0.2) is 0 Å². The normalized spacial score (nSPS) is 13.8. The maximum Gasteiger partial charge on any atom is 0.0587 e. The van der Waals surface area contributed by atoms with Gasteiger partial charge in [0.2, 0.25) is 0 Å². The third-order valence-electron chi connectivity index (χ3n) is 3.17. The molecule has 0 spiro atoms. The van der Waals surface area contributed by atoms with Crippen molar-refractivity contribution in [2.45, 2.75) is 27.2 Å². The number of ether oxygens (including phenoxy) is 1. The second-order valence-electron chi connectivity index (χ2n) is 5.70. The molecular weight excluding hydrogens is 310 g/mol. The van der Waals surface area contributed by atoms with Gasteiger partial charge in [0.05, 0.1) is 6.61 Å². The molecule has 0 amide bonds. The van der Waals surface area contributed by atoms with Gasteiger partial charge in [-0.2, -0.15) is 0 Å². The first kappa shape index (κ1) is 16.2. The Kier molecular flexibility index (Phi) is 6.85. The molecule has 1 aromatic rings. The van der Waals surface area contributed by atoms with Crippen LogP contribution >= 0.6 is 27.3 Å². The van der Waals surface area contributed by atoms with Crippen LogP contribution in [0, 0.1) is 11.3 Å². The number of hydrogen-bond donors (Lipinski definition) is 1. The van der Waals surface area contributed by atoms with Crippen LogP contribution in [-0.2, 0) is 11.2 Å². The lowest BCUT2D eigenvalue weighted by molar-refractivity contribution is 0.186. The average molecular weight is 334 g/mol. The van der Waals surface area contributed by atoms with E-state index in [1.165, 1.54) is 9.35 Å². The molecule has 0 saturated heterocycles. The number of hydrogen-bond acceptors (Lipinski definition) is 3. The number of methoxy groups -OCH3 is 1. The topological polar surface area (TPSA) is 21.3 Å². The predicted molar refractivity (Wildman–Crippen MR) is 83.4 cm³/mol. The van der Waals surface area contributed by atoms with Crippen molar-refractivity contribution in [3.63, 3.8) is 0 Å². The van der Waals surface area contributed by atoms with Crippen LogP contribution in [0.3, 0.4) is 0 Å². The maximum absolute atomic E-state index is 5.06. The molecule has 1 unspecified atom stereocenters. The monoisotopic (exact) mass is 333 g/mol. The van der Waals surface area contributed by atoms with Gasteiger partial charge in [0, 0.05) is 28.4 Å². The van der Waals surface area contributed by atoms with Gasteiger partial charge in [0.25, 0.3) is 0 Å². The second-order valence-corrected chi connectivity index (χ2v) is 7.61. The van der Waals surface area contributed by atoms with E-state index in [9.17, 15) is 0 Å². The standard InChI is InChI=1S/C14H24BrNOS/c1-14(2,3)11(9-16-5-6-17-4)7-13-8-12(15)10-18-13/h8,10-11,16H,5-7,9H2,1-4H3. The highest BCUT2D eigenvalue weighted by Crippen LogP contribution is 2.31. The molecule has 1 aromatic heterocycles. The fourth-order valence-electron chi connectivity index (χ4n) is 1.84. The summed E-state index contributed by atoms with van der Waals surface area (Å²) in [4.78, 5) is 1.45. The van der Waals surface area contributed by atoms with Gasteiger partial charge in [-0.3, -0.25) is 0 Å². The van der Waals surface area contributed by atoms with Crippen molar-refractivity contribution in [1.82, 2.24) is 5.32 Å². The van der Waals surface area contributed by atoms with E-state index in [0.29, 0.717) is 11.3 Å². The molecule has 0 bridgehead atoms. The third-order valence-corrected chi connectivity index (χ3v) is 4.89. The molecule has 0 aliphatic heterocycles. The average Bonchev–Trinajstić information content (AvgIpc) is 2.67. The zero-order valence-electron chi connectivity index (χ0n) is 11.8. The predicted octanol–water partition coefficient (Wildman–Crippen LogP) is 3.95. The molecule has 0 aliphatic carbocycles. The number of nitrogens with one attached hydrogen (secondary N) is 1. The Bertz CT molecular complexity index is 346. The first-order valence-corrected chi connectivity index (χ1v) is 8.03. The first-order valence-electron chi connectivity index (χ1n) is 6.36. The van der Waals surface area contributed by atoms with E-state index in [1.807, 2.05) is 11.3 Å². The Labute approximate surface area is 123 Å². The highest BCUT2D eigenvalue weighted by Gasteiger charge is 2.24. The van der Waals surface area contributed by atoms with Gasteiger partial charge in [-0.25, -0.2) is 0 Å². The molecule has 0 radical (unpaired) electrons. The Hall–Kier alpha value is 0.1000. The quantitative estimate of drug-likeness (QED) is 0.763. The van der Waals surface area contributed by atoms with Crippen LogP contribution in [0.15, 0.2) is 15.9 Å². The zero-order chi connectivity index (χ0) is 13.6. The first-order chi connectivity index (χ1) is 8.43. The maximum atomic E-state index is 5.06. The largest absolute Gasteiger partial charge is 0.383 e. The van der Waals surface area contributed by atoms with Crippen molar-refractivity contribution in [1.29, 1.82) is 0 Å². The van der Waals surface area contributed by atoms with Crippen molar-refractivity contribution in [2.24, 2.45) is 11.3 Å². The van der Waals surface area contributed by atoms with E-state index in [4.69, 9.17) is 4.74 Å². The van der Waals surface area contributed by atoms with E-state index < -0.39 is 0 Å². The highest BCUT2D eigenvalue weighted by molar-refractivity contribution is 9.10. The van der Waals surface area contributed by atoms with Crippen LogP contribution in [0.5, 0.6) is 0 Å². The van der Waals surface area contributed by atoms with Gasteiger partial charge < -0.3 is 10.1 Å². The second kappa shape index (κ2) is 7.63. The molecular formula is C14H24BrNOS. The fraction of sp³-hybridized carbons (Fsp3) is 0.714. The molecule has 1 rings (SSSR count). The van der Waals surface area contributed by atoms with E-state index in [0.717, 1.165) is 26.1 Å². The summed E-state index contributed by atoms with van der Waals surface area (Å²) >= 11 is 5.36.